The van der Waals surface area contributed by atoms with Crippen LogP contribution in [0.25, 0.3) is 22.7 Å². The van der Waals surface area contributed by atoms with E-state index in [2.05, 4.69) is 16.0 Å². The Morgan fingerprint density at radius 1 is 1.39 bits per heavy atom. The fourth-order valence-corrected chi connectivity index (χ4v) is 2.45. The van der Waals surface area contributed by atoms with Crippen molar-refractivity contribution in [3.05, 3.63) is 52.8 Å². The minimum absolute atomic E-state index is 0.131. The minimum atomic E-state index is -0.131. The van der Waals surface area contributed by atoms with Crippen LogP contribution in [0, 0.1) is 11.3 Å². The van der Waals surface area contributed by atoms with Crippen molar-refractivity contribution in [2.24, 2.45) is 0 Å². The van der Waals surface area contributed by atoms with Gasteiger partial charge in [-0.05, 0) is 35.9 Å². The quantitative estimate of drug-likeness (QED) is 0.713. The van der Waals surface area contributed by atoms with Crippen LogP contribution in [-0.2, 0) is 0 Å². The van der Waals surface area contributed by atoms with Crippen molar-refractivity contribution in [2.75, 3.05) is 7.11 Å². The van der Waals surface area contributed by atoms with Crippen LogP contribution < -0.4 is 4.74 Å². The Labute approximate surface area is 137 Å². The lowest BCUT2D eigenvalue weighted by atomic mass is 10.1. The number of allylic oxidation sites excluding steroid dienone is 1. The number of hydrogen-bond acceptors (Lipinski definition) is 4. The van der Waals surface area contributed by atoms with Gasteiger partial charge in [-0.25, -0.2) is 4.98 Å². The summed E-state index contributed by atoms with van der Waals surface area (Å²) in [5, 5.41) is 19.3. The molecule has 114 valence electrons. The molecule has 0 aliphatic rings. The number of fused-ring (bicyclic) bond motifs is 1. The number of aromatic hydroxyl groups is 1. The summed E-state index contributed by atoms with van der Waals surface area (Å²) in [6.45, 7) is 0. The molecule has 0 spiro atoms. The Bertz CT molecular complexity index is 921. The second kappa shape index (κ2) is 6.03. The van der Waals surface area contributed by atoms with Gasteiger partial charge in [0, 0.05) is 0 Å². The third kappa shape index (κ3) is 2.85. The molecule has 6 heteroatoms. The zero-order chi connectivity index (χ0) is 16.4. The van der Waals surface area contributed by atoms with Gasteiger partial charge in [-0.15, -0.1) is 0 Å². The summed E-state index contributed by atoms with van der Waals surface area (Å²) in [6, 6.07) is 12.8. The third-order valence-electron chi connectivity index (χ3n) is 3.35. The number of nitriles is 1. The monoisotopic (exact) mass is 325 g/mol. The molecule has 0 bridgehead atoms. The van der Waals surface area contributed by atoms with Gasteiger partial charge in [0.05, 0.1) is 28.7 Å². The number of rotatable bonds is 3. The highest BCUT2D eigenvalue weighted by Crippen LogP contribution is 2.35. The molecule has 0 aliphatic carbocycles. The highest BCUT2D eigenvalue weighted by atomic mass is 35.5. The molecule has 2 aromatic carbocycles. The Balaban J connectivity index is 2.09. The molecule has 3 aromatic rings. The van der Waals surface area contributed by atoms with Crippen molar-refractivity contribution in [2.45, 2.75) is 0 Å². The van der Waals surface area contributed by atoms with E-state index < -0.39 is 0 Å². The lowest BCUT2D eigenvalue weighted by Crippen LogP contribution is -1.88. The first-order valence-electron chi connectivity index (χ1n) is 6.76. The number of nitrogens with zero attached hydrogens (tertiary/aromatic N) is 2. The predicted octanol–water partition coefficient (Wildman–Crippen LogP) is 3.99. The molecule has 0 fully saturated rings. The van der Waals surface area contributed by atoms with Gasteiger partial charge in [-0.1, -0.05) is 23.7 Å². The summed E-state index contributed by atoms with van der Waals surface area (Å²) >= 11 is 5.97. The smallest absolute Gasteiger partial charge is 0.176 e. The van der Waals surface area contributed by atoms with E-state index in [1.165, 1.54) is 7.11 Å². The molecule has 5 nitrogen and oxygen atoms in total. The van der Waals surface area contributed by atoms with Crippen LogP contribution in [0.3, 0.4) is 0 Å². The molecule has 0 radical (unpaired) electrons. The largest absolute Gasteiger partial charge is 0.503 e. The molecule has 0 saturated heterocycles. The number of phenolic OH excluding ortho intramolecular Hbond substituents is 1. The van der Waals surface area contributed by atoms with Crippen LogP contribution in [0.5, 0.6) is 11.5 Å². The van der Waals surface area contributed by atoms with E-state index in [9.17, 15) is 10.4 Å². The normalized spacial score (nSPS) is 11.4. The summed E-state index contributed by atoms with van der Waals surface area (Å²) in [6.07, 6.45) is 1.63. The molecule has 3 rings (SSSR count). The molecule has 0 aliphatic heterocycles. The summed E-state index contributed by atoms with van der Waals surface area (Å²) in [5.74, 6) is 0.580. The number of methoxy groups -OCH3 is 1. The lowest BCUT2D eigenvalue weighted by molar-refractivity contribution is 0.373. The van der Waals surface area contributed by atoms with Gasteiger partial charge in [-0.2, -0.15) is 5.26 Å². The Morgan fingerprint density at radius 3 is 2.87 bits per heavy atom. The van der Waals surface area contributed by atoms with E-state index in [4.69, 9.17) is 16.3 Å². The second-order valence-electron chi connectivity index (χ2n) is 4.83. The van der Waals surface area contributed by atoms with Crippen LogP contribution in [0.4, 0.5) is 0 Å². The van der Waals surface area contributed by atoms with Crippen LogP contribution in [0.1, 0.15) is 11.4 Å². The standard InChI is InChI=1S/C17H12ClN3O2/c1-23-15-8-10(7-12(18)16(15)22)6-11(9-19)17-20-13-4-2-3-5-14(13)21-17/h2-8,22H,1H3,(H,20,21). The van der Waals surface area contributed by atoms with Gasteiger partial charge < -0.3 is 14.8 Å². The molecular formula is C17H12ClN3O2. The van der Waals surface area contributed by atoms with Gasteiger partial charge in [0.1, 0.15) is 11.9 Å². The highest BCUT2D eigenvalue weighted by Gasteiger charge is 2.11. The fourth-order valence-electron chi connectivity index (χ4n) is 2.23. The number of halogens is 1. The maximum Gasteiger partial charge on any atom is 0.176 e. The average molecular weight is 326 g/mol. The Kier molecular flexibility index (Phi) is 3.92. The van der Waals surface area contributed by atoms with Crippen LogP contribution in [0.15, 0.2) is 36.4 Å². The number of benzene rings is 2. The van der Waals surface area contributed by atoms with Crippen molar-refractivity contribution in [1.29, 1.82) is 5.26 Å². The minimum Gasteiger partial charge on any atom is -0.503 e. The number of ether oxygens (including phenoxy) is 1. The summed E-state index contributed by atoms with van der Waals surface area (Å²) in [7, 11) is 1.43. The number of para-hydroxylation sites is 2. The molecule has 0 saturated carbocycles. The average Bonchev–Trinajstić information content (AvgIpc) is 2.99. The van der Waals surface area contributed by atoms with Crippen molar-refractivity contribution in [1.82, 2.24) is 9.97 Å². The zero-order valence-corrected chi connectivity index (χ0v) is 12.9. The van der Waals surface area contributed by atoms with Gasteiger partial charge in [0.15, 0.2) is 11.5 Å². The topological polar surface area (TPSA) is 81.9 Å². The Hall–Kier alpha value is -2.97. The zero-order valence-electron chi connectivity index (χ0n) is 12.2. The first-order chi connectivity index (χ1) is 11.1. The summed E-state index contributed by atoms with van der Waals surface area (Å²) in [5.41, 5.74) is 2.61. The predicted molar refractivity (Wildman–Crippen MR) is 89.2 cm³/mol. The molecule has 2 N–H and O–H groups in total. The van der Waals surface area contributed by atoms with Crippen LogP contribution in [-0.4, -0.2) is 22.2 Å². The number of nitrogens with one attached hydrogen (secondary N) is 1. The van der Waals surface area contributed by atoms with Crippen molar-refractivity contribution in [3.8, 4) is 17.6 Å². The maximum absolute atomic E-state index is 9.76. The molecule has 0 amide bonds. The van der Waals surface area contributed by atoms with Gasteiger partial charge in [-0.3, -0.25) is 0 Å². The van der Waals surface area contributed by atoms with Gasteiger partial charge in [0.2, 0.25) is 0 Å². The first-order valence-corrected chi connectivity index (χ1v) is 7.13. The summed E-state index contributed by atoms with van der Waals surface area (Å²) < 4.78 is 5.07. The van der Waals surface area contributed by atoms with E-state index >= 15 is 0 Å². The number of hydrogen-bond donors (Lipinski definition) is 2. The van der Waals surface area contributed by atoms with Crippen molar-refractivity contribution in [3.63, 3.8) is 0 Å². The maximum atomic E-state index is 9.76. The molecule has 1 aromatic heterocycles. The van der Waals surface area contributed by atoms with Crippen molar-refractivity contribution >= 4 is 34.3 Å². The van der Waals surface area contributed by atoms with E-state index in [-0.39, 0.29) is 16.5 Å². The second-order valence-corrected chi connectivity index (χ2v) is 5.23. The number of phenols is 1. The third-order valence-corrected chi connectivity index (χ3v) is 3.63. The van der Waals surface area contributed by atoms with E-state index in [0.717, 1.165) is 11.0 Å². The van der Waals surface area contributed by atoms with Gasteiger partial charge >= 0.3 is 0 Å². The lowest BCUT2D eigenvalue weighted by Gasteiger charge is -2.06. The van der Waals surface area contributed by atoms with E-state index in [1.54, 1.807) is 18.2 Å². The molecule has 0 atom stereocenters. The number of aromatic amines is 1. The fraction of sp³-hybridized carbons (Fsp3) is 0.0588. The number of H-pyrrole nitrogens is 1. The number of aromatic nitrogens is 2. The highest BCUT2D eigenvalue weighted by molar-refractivity contribution is 6.32. The van der Waals surface area contributed by atoms with E-state index in [0.29, 0.717) is 17.0 Å². The van der Waals surface area contributed by atoms with Crippen LogP contribution in [0.2, 0.25) is 5.02 Å². The molecular weight excluding hydrogens is 314 g/mol. The number of imidazole rings is 1. The summed E-state index contributed by atoms with van der Waals surface area (Å²) in [4.78, 5) is 7.51. The van der Waals surface area contributed by atoms with E-state index in [1.807, 2.05) is 24.3 Å². The molecule has 23 heavy (non-hydrogen) atoms. The van der Waals surface area contributed by atoms with Gasteiger partial charge in [0.25, 0.3) is 0 Å². The SMILES string of the molecule is COc1cc(C=C(C#N)c2nc3ccccc3[nH]2)cc(Cl)c1O. The van der Waals surface area contributed by atoms with Crippen LogP contribution >= 0.6 is 11.6 Å². The first kappa shape index (κ1) is 14.9. The Morgan fingerprint density at radius 2 is 2.17 bits per heavy atom. The van der Waals surface area contributed by atoms with Crippen molar-refractivity contribution < 1.29 is 9.84 Å². The molecule has 0 unspecified atom stereocenters. The molecule has 1 heterocycles.